The summed E-state index contributed by atoms with van der Waals surface area (Å²) in [5, 5.41) is 13.5. The first kappa shape index (κ1) is 12.0. The summed E-state index contributed by atoms with van der Waals surface area (Å²) < 4.78 is 5.74. The zero-order valence-electron chi connectivity index (χ0n) is 10.7. The highest BCUT2D eigenvalue weighted by Gasteiger charge is 2.21. The maximum Gasteiger partial charge on any atom is 0.121 e. The van der Waals surface area contributed by atoms with Crippen LogP contribution in [0.4, 0.5) is 0 Å². The lowest BCUT2D eigenvalue weighted by Crippen LogP contribution is -2.33. The lowest BCUT2D eigenvalue weighted by Gasteiger charge is -2.25. The zero-order valence-corrected chi connectivity index (χ0v) is 10.7. The molecular formula is C15H21NO2. The maximum absolute atomic E-state index is 10.2. The van der Waals surface area contributed by atoms with Gasteiger partial charge in [-0.2, -0.15) is 0 Å². The molecule has 98 valence electrons. The van der Waals surface area contributed by atoms with Gasteiger partial charge in [0.05, 0.1) is 12.7 Å². The number of rotatable bonds is 1. The van der Waals surface area contributed by atoms with Gasteiger partial charge in [-0.3, -0.25) is 0 Å². The van der Waals surface area contributed by atoms with E-state index in [0.717, 1.165) is 38.1 Å². The predicted octanol–water partition coefficient (Wildman–Crippen LogP) is 2.32. The molecule has 18 heavy (non-hydrogen) atoms. The van der Waals surface area contributed by atoms with E-state index in [1.807, 2.05) is 6.07 Å². The highest BCUT2D eigenvalue weighted by Crippen LogP contribution is 2.33. The van der Waals surface area contributed by atoms with Gasteiger partial charge in [0.15, 0.2) is 0 Å². The molecule has 1 aliphatic carbocycles. The van der Waals surface area contributed by atoms with Crippen LogP contribution in [0, 0.1) is 0 Å². The van der Waals surface area contributed by atoms with Crippen LogP contribution < -0.4 is 5.32 Å². The number of hydrogen-bond donors (Lipinski definition) is 2. The third kappa shape index (κ3) is 2.38. The van der Waals surface area contributed by atoms with Gasteiger partial charge in [0.2, 0.25) is 0 Å². The molecule has 2 N–H and O–H groups in total. The minimum atomic E-state index is 0.00676. The highest BCUT2D eigenvalue weighted by molar-refractivity contribution is 5.44. The van der Waals surface area contributed by atoms with Gasteiger partial charge in [0, 0.05) is 18.7 Å². The van der Waals surface area contributed by atoms with Crippen molar-refractivity contribution in [2.24, 2.45) is 0 Å². The molecule has 1 aliphatic heterocycles. The van der Waals surface area contributed by atoms with Crippen molar-refractivity contribution in [1.82, 2.24) is 5.32 Å². The lowest BCUT2D eigenvalue weighted by molar-refractivity contribution is 0.0262. The van der Waals surface area contributed by atoms with Crippen LogP contribution in [-0.4, -0.2) is 24.8 Å². The first-order valence-electron chi connectivity index (χ1n) is 7.01. The van der Waals surface area contributed by atoms with Gasteiger partial charge in [0.1, 0.15) is 5.75 Å². The second-order valence-corrected chi connectivity index (χ2v) is 5.30. The van der Waals surface area contributed by atoms with Crippen molar-refractivity contribution in [3.8, 4) is 5.75 Å². The normalized spacial score (nSPS) is 24.3. The molecule has 3 rings (SSSR count). The Morgan fingerprint density at radius 3 is 2.61 bits per heavy atom. The fourth-order valence-electron chi connectivity index (χ4n) is 2.99. The first-order chi connectivity index (χ1) is 8.84. The molecule has 3 heteroatoms. The van der Waals surface area contributed by atoms with Crippen molar-refractivity contribution in [3.05, 3.63) is 28.8 Å². The molecule has 1 heterocycles. The van der Waals surface area contributed by atoms with Crippen molar-refractivity contribution in [1.29, 1.82) is 0 Å². The fraction of sp³-hybridized carbons (Fsp3) is 0.600. The van der Waals surface area contributed by atoms with Gasteiger partial charge in [0.25, 0.3) is 0 Å². The van der Waals surface area contributed by atoms with Gasteiger partial charge in [-0.15, -0.1) is 0 Å². The average molecular weight is 247 g/mol. The molecule has 0 radical (unpaired) electrons. The second kappa shape index (κ2) is 5.29. The smallest absolute Gasteiger partial charge is 0.121 e. The molecule has 1 aromatic rings. The van der Waals surface area contributed by atoms with Gasteiger partial charge in [-0.1, -0.05) is 6.42 Å². The molecule has 0 aromatic heterocycles. The Kier molecular flexibility index (Phi) is 3.52. The molecule has 0 amide bonds. The van der Waals surface area contributed by atoms with Crippen LogP contribution in [0.15, 0.2) is 12.1 Å². The van der Waals surface area contributed by atoms with E-state index in [1.54, 1.807) is 0 Å². The Morgan fingerprint density at radius 1 is 1.11 bits per heavy atom. The van der Waals surface area contributed by atoms with Gasteiger partial charge in [-0.25, -0.2) is 0 Å². The third-order valence-corrected chi connectivity index (χ3v) is 4.02. The Balaban J connectivity index is 1.92. The molecule has 1 saturated heterocycles. The summed E-state index contributed by atoms with van der Waals surface area (Å²) in [5.74, 6) is 0.407. The number of nitrogens with one attached hydrogen (secondary N) is 1. The van der Waals surface area contributed by atoms with E-state index in [2.05, 4.69) is 11.4 Å². The van der Waals surface area contributed by atoms with Crippen molar-refractivity contribution < 1.29 is 9.84 Å². The summed E-state index contributed by atoms with van der Waals surface area (Å²) in [5.41, 5.74) is 3.70. The Bertz CT molecular complexity index is 425. The number of ether oxygens (including phenoxy) is 1. The van der Waals surface area contributed by atoms with Crippen molar-refractivity contribution in [3.63, 3.8) is 0 Å². The number of hydrogen-bond acceptors (Lipinski definition) is 3. The maximum atomic E-state index is 10.2. The van der Waals surface area contributed by atoms with E-state index in [9.17, 15) is 5.11 Å². The topological polar surface area (TPSA) is 41.5 Å². The van der Waals surface area contributed by atoms with Crippen LogP contribution >= 0.6 is 0 Å². The molecule has 1 fully saturated rings. The molecule has 3 nitrogen and oxygen atoms in total. The standard InChI is InChI=1S/C15H21NO2/c17-14-9-12-5-3-1-2-4-11(12)8-13(14)15-10-16-6-7-18-15/h8-9,15-17H,1-7,10H2. The quantitative estimate of drug-likeness (QED) is 0.748. The number of phenols is 1. The fourth-order valence-corrected chi connectivity index (χ4v) is 2.99. The molecule has 1 unspecified atom stereocenters. The van der Waals surface area contributed by atoms with E-state index < -0.39 is 0 Å². The van der Waals surface area contributed by atoms with Crippen LogP contribution in [0.25, 0.3) is 0 Å². The van der Waals surface area contributed by atoms with E-state index in [1.165, 1.54) is 30.4 Å². The number of morpholine rings is 1. The molecule has 1 aromatic carbocycles. The van der Waals surface area contributed by atoms with Crippen LogP contribution in [-0.2, 0) is 17.6 Å². The summed E-state index contributed by atoms with van der Waals surface area (Å²) in [7, 11) is 0. The summed E-state index contributed by atoms with van der Waals surface area (Å²) in [4.78, 5) is 0. The molecule has 0 bridgehead atoms. The molecule has 0 saturated carbocycles. The molecule has 0 spiro atoms. The van der Waals surface area contributed by atoms with E-state index in [-0.39, 0.29) is 6.10 Å². The minimum absolute atomic E-state index is 0.00676. The Morgan fingerprint density at radius 2 is 1.89 bits per heavy atom. The zero-order chi connectivity index (χ0) is 12.4. The van der Waals surface area contributed by atoms with Crippen LogP contribution in [0.5, 0.6) is 5.75 Å². The minimum Gasteiger partial charge on any atom is -0.508 e. The van der Waals surface area contributed by atoms with E-state index >= 15 is 0 Å². The van der Waals surface area contributed by atoms with Crippen molar-refractivity contribution in [2.75, 3.05) is 19.7 Å². The average Bonchev–Trinajstić information content (AvgIpc) is 2.63. The van der Waals surface area contributed by atoms with Crippen LogP contribution in [0.1, 0.15) is 42.1 Å². The summed E-state index contributed by atoms with van der Waals surface area (Å²) >= 11 is 0. The Labute approximate surface area is 108 Å². The Hall–Kier alpha value is -1.06. The van der Waals surface area contributed by atoms with E-state index in [0.29, 0.717) is 5.75 Å². The van der Waals surface area contributed by atoms with Gasteiger partial charge in [-0.05, 0) is 48.9 Å². The number of aromatic hydroxyl groups is 1. The lowest BCUT2D eigenvalue weighted by atomic mass is 9.96. The highest BCUT2D eigenvalue weighted by atomic mass is 16.5. The SMILES string of the molecule is Oc1cc2c(cc1C1CNCCO1)CCCCC2. The molecule has 1 atom stereocenters. The third-order valence-electron chi connectivity index (χ3n) is 4.02. The number of aryl methyl sites for hydroxylation is 2. The monoisotopic (exact) mass is 247 g/mol. The van der Waals surface area contributed by atoms with Crippen LogP contribution in [0.3, 0.4) is 0 Å². The largest absolute Gasteiger partial charge is 0.508 e. The number of fused-ring (bicyclic) bond motifs is 1. The number of benzene rings is 1. The second-order valence-electron chi connectivity index (χ2n) is 5.30. The molecular weight excluding hydrogens is 226 g/mol. The van der Waals surface area contributed by atoms with E-state index in [4.69, 9.17) is 4.74 Å². The summed E-state index contributed by atoms with van der Waals surface area (Å²) in [6.07, 6.45) is 6.06. The van der Waals surface area contributed by atoms with Crippen molar-refractivity contribution in [2.45, 2.75) is 38.2 Å². The summed E-state index contributed by atoms with van der Waals surface area (Å²) in [6, 6.07) is 4.14. The van der Waals surface area contributed by atoms with Crippen LogP contribution in [0.2, 0.25) is 0 Å². The van der Waals surface area contributed by atoms with Gasteiger partial charge >= 0.3 is 0 Å². The predicted molar refractivity (Wildman–Crippen MR) is 70.9 cm³/mol. The number of phenolic OH excluding ortho intramolecular Hbond substituents is 1. The van der Waals surface area contributed by atoms with Crippen molar-refractivity contribution >= 4 is 0 Å². The summed E-state index contributed by atoms with van der Waals surface area (Å²) in [6.45, 7) is 2.43. The van der Waals surface area contributed by atoms with Gasteiger partial charge < -0.3 is 15.2 Å². The first-order valence-corrected chi connectivity index (χ1v) is 7.01. The molecule has 2 aliphatic rings.